The number of carbonyl (C=O) groups is 1. The van der Waals surface area contributed by atoms with Crippen LogP contribution in [-0.4, -0.2) is 27.3 Å². The molecule has 1 N–H and O–H groups in total. The summed E-state index contributed by atoms with van der Waals surface area (Å²) in [7, 11) is 0. The van der Waals surface area contributed by atoms with E-state index in [0.29, 0.717) is 23.7 Å². The molecule has 4 rings (SSSR count). The van der Waals surface area contributed by atoms with Gasteiger partial charge >= 0.3 is 0 Å². The normalized spacial score (nSPS) is 10.5. The van der Waals surface area contributed by atoms with E-state index in [2.05, 4.69) is 21.5 Å². The van der Waals surface area contributed by atoms with Gasteiger partial charge in [0, 0.05) is 10.9 Å². The van der Waals surface area contributed by atoms with Gasteiger partial charge in [0.15, 0.2) is 11.6 Å². The quantitative estimate of drug-likeness (QED) is 0.563. The number of rotatable bonds is 5. The van der Waals surface area contributed by atoms with Crippen LogP contribution in [-0.2, 0) is 0 Å². The molecule has 7 heteroatoms. The maximum atomic E-state index is 12.8. The van der Waals surface area contributed by atoms with Crippen molar-refractivity contribution in [2.45, 2.75) is 6.92 Å². The molecular weight excluding hydrogens is 366 g/mol. The number of ether oxygens (including phenoxy) is 1. The number of hydrogen-bond donors (Lipinski definition) is 1. The van der Waals surface area contributed by atoms with Crippen LogP contribution < -0.4 is 10.1 Å². The average molecular weight is 383 g/mol. The lowest BCUT2D eigenvalue weighted by molar-refractivity contribution is 0.102. The minimum Gasteiger partial charge on any atom is -0.494 e. The van der Waals surface area contributed by atoms with Gasteiger partial charge in [0.05, 0.1) is 18.3 Å². The number of nitrogens with one attached hydrogen (secondary N) is 1. The highest BCUT2D eigenvalue weighted by atomic mass is 16.5. The Bertz CT molecular complexity index is 1240. The lowest BCUT2D eigenvalue weighted by Gasteiger charge is -2.10. The topological polar surface area (TPSA) is 92.8 Å². The van der Waals surface area contributed by atoms with E-state index in [1.54, 1.807) is 30.3 Å². The molecule has 0 unspecified atom stereocenters. The summed E-state index contributed by atoms with van der Waals surface area (Å²) >= 11 is 0. The van der Waals surface area contributed by atoms with Crippen LogP contribution in [0.2, 0.25) is 0 Å². The van der Waals surface area contributed by atoms with Crippen molar-refractivity contribution in [2.24, 2.45) is 0 Å². The smallest absolute Gasteiger partial charge is 0.256 e. The predicted octanol–water partition coefficient (Wildman–Crippen LogP) is 3.94. The van der Waals surface area contributed by atoms with E-state index in [0.717, 1.165) is 10.9 Å². The number of amides is 1. The fourth-order valence-electron chi connectivity index (χ4n) is 2.97. The lowest BCUT2D eigenvalue weighted by Crippen LogP contribution is -2.16. The molecule has 0 radical (unpaired) electrons. The molecule has 0 saturated heterocycles. The van der Waals surface area contributed by atoms with Gasteiger partial charge in [0.2, 0.25) is 0 Å². The first-order valence-corrected chi connectivity index (χ1v) is 9.08. The minimum absolute atomic E-state index is 0.245. The Hall–Kier alpha value is -4.18. The van der Waals surface area contributed by atoms with Crippen LogP contribution >= 0.6 is 0 Å². The Morgan fingerprint density at radius 3 is 2.86 bits per heavy atom. The van der Waals surface area contributed by atoms with Crippen molar-refractivity contribution >= 4 is 22.6 Å². The summed E-state index contributed by atoms with van der Waals surface area (Å²) in [5.41, 5.74) is 1.45. The first-order valence-electron chi connectivity index (χ1n) is 9.08. The van der Waals surface area contributed by atoms with Crippen LogP contribution in [0.5, 0.6) is 5.75 Å². The zero-order valence-corrected chi connectivity index (χ0v) is 15.7. The highest BCUT2D eigenvalue weighted by Gasteiger charge is 2.17. The number of benzene rings is 2. The number of para-hydroxylation sites is 1. The van der Waals surface area contributed by atoms with E-state index in [1.807, 2.05) is 37.3 Å². The molecule has 142 valence electrons. The van der Waals surface area contributed by atoms with Crippen LogP contribution in [0.3, 0.4) is 0 Å². The molecule has 0 saturated carbocycles. The largest absolute Gasteiger partial charge is 0.494 e. The zero-order valence-electron chi connectivity index (χ0n) is 15.7. The molecule has 0 aliphatic heterocycles. The molecule has 29 heavy (non-hydrogen) atoms. The summed E-state index contributed by atoms with van der Waals surface area (Å²) in [6.07, 6.45) is 1.41. The third kappa shape index (κ3) is 3.64. The maximum absolute atomic E-state index is 12.8. The molecule has 7 nitrogen and oxygen atoms in total. The highest BCUT2D eigenvalue weighted by Crippen LogP contribution is 2.22. The molecular formula is C22H17N5O2. The van der Waals surface area contributed by atoms with Crippen LogP contribution in [0.4, 0.5) is 5.82 Å². The number of hydrogen-bond acceptors (Lipinski definition) is 5. The van der Waals surface area contributed by atoms with Gasteiger partial charge in [0.1, 0.15) is 17.4 Å². The Labute approximate surface area is 167 Å². The zero-order chi connectivity index (χ0) is 20.2. The van der Waals surface area contributed by atoms with Crippen LogP contribution in [0.25, 0.3) is 16.7 Å². The molecule has 0 atom stereocenters. The third-order valence-electron chi connectivity index (χ3n) is 4.33. The van der Waals surface area contributed by atoms with Gasteiger partial charge in [-0.3, -0.25) is 4.79 Å². The highest BCUT2D eigenvalue weighted by molar-refractivity contribution is 6.04. The second-order valence-electron chi connectivity index (χ2n) is 6.21. The summed E-state index contributed by atoms with van der Waals surface area (Å²) in [5.74, 6) is 1.00. The second-order valence-corrected chi connectivity index (χ2v) is 6.21. The summed E-state index contributed by atoms with van der Waals surface area (Å²) in [5, 5.41) is 17.5. The van der Waals surface area contributed by atoms with Gasteiger partial charge in [-0.1, -0.05) is 24.3 Å². The molecule has 2 aromatic heterocycles. The lowest BCUT2D eigenvalue weighted by atomic mass is 10.2. The van der Waals surface area contributed by atoms with Crippen LogP contribution in [0.1, 0.15) is 22.8 Å². The molecule has 2 heterocycles. The average Bonchev–Trinajstić information content (AvgIpc) is 3.16. The number of aromatic nitrogens is 3. The molecule has 0 bridgehead atoms. The van der Waals surface area contributed by atoms with Crippen molar-refractivity contribution in [3.63, 3.8) is 0 Å². The van der Waals surface area contributed by atoms with Gasteiger partial charge in [-0.25, -0.2) is 4.98 Å². The molecule has 0 spiro atoms. The van der Waals surface area contributed by atoms with Crippen LogP contribution in [0, 0.1) is 11.3 Å². The third-order valence-corrected chi connectivity index (χ3v) is 4.33. The van der Waals surface area contributed by atoms with E-state index in [-0.39, 0.29) is 17.3 Å². The molecule has 1 amide bonds. The van der Waals surface area contributed by atoms with Crippen molar-refractivity contribution in [2.75, 3.05) is 11.9 Å². The van der Waals surface area contributed by atoms with Crippen molar-refractivity contribution in [1.82, 2.24) is 14.8 Å². The van der Waals surface area contributed by atoms with Crippen molar-refractivity contribution < 1.29 is 9.53 Å². The Kier molecular flexibility index (Phi) is 4.91. The monoisotopic (exact) mass is 383 g/mol. The van der Waals surface area contributed by atoms with Gasteiger partial charge in [-0.2, -0.15) is 15.0 Å². The van der Waals surface area contributed by atoms with Crippen molar-refractivity contribution in [1.29, 1.82) is 5.26 Å². The maximum Gasteiger partial charge on any atom is 0.256 e. The van der Waals surface area contributed by atoms with E-state index < -0.39 is 0 Å². The van der Waals surface area contributed by atoms with E-state index in [4.69, 9.17) is 4.74 Å². The first kappa shape index (κ1) is 18.2. The summed E-state index contributed by atoms with van der Waals surface area (Å²) in [4.78, 5) is 17.4. The van der Waals surface area contributed by atoms with Gasteiger partial charge < -0.3 is 10.1 Å². The summed E-state index contributed by atoms with van der Waals surface area (Å²) < 4.78 is 6.90. The van der Waals surface area contributed by atoms with Crippen LogP contribution in [0.15, 0.2) is 66.9 Å². The van der Waals surface area contributed by atoms with Gasteiger partial charge in [0.25, 0.3) is 5.91 Å². The fraction of sp³-hybridized carbons (Fsp3) is 0.0909. The fourth-order valence-corrected chi connectivity index (χ4v) is 2.97. The SMILES string of the molecule is CCOc1cccc(C(=O)Nc2c(C#N)cnn2-c2ccc3ccccc3n2)c1. The number of fused-ring (bicyclic) bond motifs is 1. The van der Waals surface area contributed by atoms with Crippen molar-refractivity contribution in [3.05, 3.63) is 78.0 Å². The van der Waals surface area contributed by atoms with Crippen molar-refractivity contribution in [3.8, 4) is 17.6 Å². The summed E-state index contributed by atoms with van der Waals surface area (Å²) in [6, 6.07) is 20.3. The summed E-state index contributed by atoms with van der Waals surface area (Å²) in [6.45, 7) is 2.38. The minimum atomic E-state index is -0.370. The standard InChI is InChI=1S/C22H17N5O2/c1-2-29-18-8-5-7-16(12-18)22(28)26-21-17(13-23)14-24-27(21)20-11-10-15-6-3-4-9-19(15)25-20/h3-12,14H,2H2,1H3,(H,26,28). The molecule has 0 fully saturated rings. The molecule has 0 aliphatic carbocycles. The molecule has 4 aromatic rings. The number of carbonyl (C=O) groups excluding carboxylic acids is 1. The van der Waals surface area contributed by atoms with Gasteiger partial charge in [-0.15, -0.1) is 0 Å². The first-order chi connectivity index (χ1) is 14.2. The van der Waals surface area contributed by atoms with E-state index in [1.165, 1.54) is 10.9 Å². The Balaban J connectivity index is 1.70. The van der Waals surface area contributed by atoms with E-state index in [9.17, 15) is 10.1 Å². The Morgan fingerprint density at radius 1 is 1.17 bits per heavy atom. The Morgan fingerprint density at radius 2 is 2.03 bits per heavy atom. The molecule has 2 aromatic carbocycles. The van der Waals surface area contributed by atoms with E-state index >= 15 is 0 Å². The predicted molar refractivity (Wildman–Crippen MR) is 109 cm³/mol. The number of nitriles is 1. The van der Waals surface area contributed by atoms with Gasteiger partial charge in [-0.05, 0) is 43.3 Å². The number of anilines is 1. The second kappa shape index (κ2) is 7.82. The number of nitrogens with zero attached hydrogens (tertiary/aromatic N) is 4. The molecule has 0 aliphatic rings. The number of pyridine rings is 1.